The Hall–Kier alpha value is -3.84. The maximum Gasteiger partial charge on any atom is 0.174 e. The van der Waals surface area contributed by atoms with E-state index in [-0.39, 0.29) is 12.1 Å². The zero-order valence-electron chi connectivity index (χ0n) is 22.1. The summed E-state index contributed by atoms with van der Waals surface area (Å²) < 4.78 is 13.6. The number of aryl methyl sites for hydroxylation is 3. The van der Waals surface area contributed by atoms with E-state index in [1.54, 1.807) is 14.2 Å². The molecule has 0 radical (unpaired) electrons. The van der Waals surface area contributed by atoms with E-state index in [9.17, 15) is 0 Å². The smallest absolute Gasteiger partial charge is 0.174 e. The molecule has 2 aromatic heterocycles. The molecule has 1 aliphatic heterocycles. The fourth-order valence-electron chi connectivity index (χ4n) is 5.33. The second-order valence-electron chi connectivity index (χ2n) is 9.49. The van der Waals surface area contributed by atoms with E-state index in [0.717, 1.165) is 17.1 Å². The molecular formula is C30H32N4O2S. The number of hydrogen-bond donors (Lipinski definition) is 1. The summed E-state index contributed by atoms with van der Waals surface area (Å²) in [6.45, 7) is 8.63. The van der Waals surface area contributed by atoms with Crippen molar-refractivity contribution in [2.75, 3.05) is 19.1 Å². The Morgan fingerprint density at radius 3 is 2.41 bits per heavy atom. The minimum atomic E-state index is -0.145. The molecule has 1 saturated heterocycles. The van der Waals surface area contributed by atoms with Gasteiger partial charge in [-0.15, -0.1) is 0 Å². The first-order chi connectivity index (χ1) is 17.8. The minimum absolute atomic E-state index is 0.144. The number of rotatable bonds is 6. The molecular weight excluding hydrogens is 480 g/mol. The molecule has 190 valence electrons. The minimum Gasteiger partial charge on any atom is -0.497 e. The van der Waals surface area contributed by atoms with E-state index in [1.165, 1.54) is 33.8 Å². The molecule has 0 unspecified atom stereocenters. The second kappa shape index (κ2) is 9.90. The van der Waals surface area contributed by atoms with Gasteiger partial charge in [-0.05, 0) is 93.0 Å². The topological polar surface area (TPSA) is 51.5 Å². The molecule has 37 heavy (non-hydrogen) atoms. The number of benzene rings is 2. The SMILES string of the molecule is COc1ccc(N2C(=S)N[C@@H](c3ccccn3)[C@@H]2c2cc(C)n(-c3cc(C)ccc3C)c2C)c(OC)c1. The number of nitrogens with zero attached hydrogens (tertiary/aromatic N) is 3. The summed E-state index contributed by atoms with van der Waals surface area (Å²) in [6.07, 6.45) is 1.83. The van der Waals surface area contributed by atoms with Crippen molar-refractivity contribution in [2.24, 2.45) is 0 Å². The van der Waals surface area contributed by atoms with Crippen LogP contribution in [0.15, 0.2) is 66.9 Å². The Balaban J connectivity index is 1.72. The summed E-state index contributed by atoms with van der Waals surface area (Å²) >= 11 is 5.95. The van der Waals surface area contributed by atoms with Crippen LogP contribution in [0.1, 0.15) is 45.9 Å². The van der Waals surface area contributed by atoms with Crippen LogP contribution in [0.3, 0.4) is 0 Å². The molecule has 4 aromatic rings. The van der Waals surface area contributed by atoms with Crippen LogP contribution < -0.4 is 19.7 Å². The molecule has 0 bridgehead atoms. The first-order valence-corrected chi connectivity index (χ1v) is 12.7. The molecule has 1 fully saturated rings. The van der Waals surface area contributed by atoms with Crippen LogP contribution in [0.25, 0.3) is 5.69 Å². The summed E-state index contributed by atoms with van der Waals surface area (Å²) in [7, 11) is 3.32. The van der Waals surface area contributed by atoms with Crippen LogP contribution in [0.5, 0.6) is 11.5 Å². The molecule has 0 aliphatic carbocycles. The van der Waals surface area contributed by atoms with E-state index in [2.05, 4.69) is 66.7 Å². The van der Waals surface area contributed by atoms with E-state index in [4.69, 9.17) is 26.7 Å². The van der Waals surface area contributed by atoms with Crippen molar-refractivity contribution in [1.29, 1.82) is 0 Å². The zero-order valence-corrected chi connectivity index (χ0v) is 22.9. The monoisotopic (exact) mass is 512 g/mol. The van der Waals surface area contributed by atoms with Gasteiger partial charge in [-0.1, -0.05) is 18.2 Å². The van der Waals surface area contributed by atoms with Crippen LogP contribution in [0.2, 0.25) is 0 Å². The highest BCUT2D eigenvalue weighted by Gasteiger charge is 2.43. The fourth-order valence-corrected chi connectivity index (χ4v) is 5.67. The quantitative estimate of drug-likeness (QED) is 0.306. The van der Waals surface area contributed by atoms with Gasteiger partial charge in [0.2, 0.25) is 0 Å². The number of hydrogen-bond acceptors (Lipinski definition) is 4. The normalized spacial score (nSPS) is 17.1. The second-order valence-corrected chi connectivity index (χ2v) is 9.87. The van der Waals surface area contributed by atoms with Crippen molar-refractivity contribution in [3.63, 3.8) is 0 Å². The average molecular weight is 513 g/mol. The van der Waals surface area contributed by atoms with Gasteiger partial charge in [0, 0.05) is 29.3 Å². The van der Waals surface area contributed by atoms with Gasteiger partial charge in [0.1, 0.15) is 11.5 Å². The van der Waals surface area contributed by atoms with Gasteiger partial charge in [0.15, 0.2) is 5.11 Å². The highest BCUT2D eigenvalue weighted by atomic mass is 32.1. The Labute approximate surface area is 223 Å². The standard InChI is InChI=1S/C30H32N4O2S/c1-18-10-11-19(2)26(15-18)33-20(3)16-23(21(33)4)29-28(24-9-7-8-14-31-24)32-30(37)34(29)25-13-12-22(35-5)17-27(25)36-6/h7-17,28-29H,1-6H3,(H,32,37)/t28-,29-/m0/s1. The summed E-state index contributed by atoms with van der Waals surface area (Å²) in [6, 6.07) is 20.4. The molecule has 2 atom stereocenters. The zero-order chi connectivity index (χ0) is 26.3. The van der Waals surface area contributed by atoms with Crippen LogP contribution in [0, 0.1) is 27.7 Å². The van der Waals surface area contributed by atoms with Gasteiger partial charge < -0.3 is 24.3 Å². The molecule has 0 spiro atoms. The van der Waals surface area contributed by atoms with Crippen molar-refractivity contribution in [3.8, 4) is 17.2 Å². The maximum absolute atomic E-state index is 5.95. The molecule has 5 rings (SSSR count). The number of thiocarbonyl (C=S) groups is 1. The van der Waals surface area contributed by atoms with Gasteiger partial charge in [0.25, 0.3) is 0 Å². The maximum atomic E-state index is 5.95. The lowest BCUT2D eigenvalue weighted by Crippen LogP contribution is -2.30. The van der Waals surface area contributed by atoms with Crippen molar-refractivity contribution < 1.29 is 9.47 Å². The molecule has 0 saturated carbocycles. The van der Waals surface area contributed by atoms with E-state index in [0.29, 0.717) is 10.9 Å². The van der Waals surface area contributed by atoms with Crippen molar-refractivity contribution in [3.05, 3.63) is 101 Å². The van der Waals surface area contributed by atoms with Gasteiger partial charge in [0.05, 0.1) is 37.7 Å². The Morgan fingerprint density at radius 1 is 0.892 bits per heavy atom. The Morgan fingerprint density at radius 2 is 1.70 bits per heavy atom. The summed E-state index contributed by atoms with van der Waals surface area (Å²) in [5.41, 5.74) is 8.98. The van der Waals surface area contributed by atoms with Crippen LogP contribution in [-0.2, 0) is 0 Å². The highest BCUT2D eigenvalue weighted by molar-refractivity contribution is 7.80. The summed E-state index contributed by atoms with van der Waals surface area (Å²) in [4.78, 5) is 6.86. The first-order valence-electron chi connectivity index (χ1n) is 12.3. The first kappa shape index (κ1) is 24.8. The number of pyridine rings is 1. The molecule has 6 nitrogen and oxygen atoms in total. The number of methoxy groups -OCH3 is 2. The third kappa shape index (κ3) is 4.33. The van der Waals surface area contributed by atoms with Crippen molar-refractivity contribution in [2.45, 2.75) is 39.8 Å². The van der Waals surface area contributed by atoms with Crippen molar-refractivity contribution in [1.82, 2.24) is 14.9 Å². The molecule has 3 heterocycles. The lowest BCUT2D eigenvalue weighted by molar-refractivity contribution is 0.394. The third-order valence-electron chi connectivity index (χ3n) is 7.14. The van der Waals surface area contributed by atoms with Gasteiger partial charge in [-0.25, -0.2) is 0 Å². The molecule has 1 aliphatic rings. The summed E-state index contributed by atoms with van der Waals surface area (Å²) in [5.74, 6) is 1.42. The number of ether oxygens (including phenoxy) is 2. The number of nitrogens with one attached hydrogen (secondary N) is 1. The third-order valence-corrected chi connectivity index (χ3v) is 7.45. The van der Waals surface area contributed by atoms with Gasteiger partial charge in [-0.2, -0.15) is 0 Å². The van der Waals surface area contributed by atoms with E-state index < -0.39 is 0 Å². The fraction of sp³-hybridized carbons (Fsp3) is 0.267. The Kier molecular flexibility index (Phi) is 6.65. The predicted molar refractivity (Wildman–Crippen MR) is 152 cm³/mol. The lowest BCUT2D eigenvalue weighted by atomic mass is 9.96. The highest BCUT2D eigenvalue weighted by Crippen LogP contribution is 2.47. The van der Waals surface area contributed by atoms with E-state index in [1.807, 2.05) is 42.6 Å². The van der Waals surface area contributed by atoms with Crippen LogP contribution in [-0.4, -0.2) is 28.9 Å². The predicted octanol–water partition coefficient (Wildman–Crippen LogP) is 6.30. The average Bonchev–Trinajstić information content (AvgIpc) is 3.40. The van der Waals surface area contributed by atoms with Crippen molar-refractivity contribution >= 4 is 23.0 Å². The Bertz CT molecular complexity index is 1460. The molecule has 7 heteroatoms. The van der Waals surface area contributed by atoms with Crippen LogP contribution in [0.4, 0.5) is 5.69 Å². The molecule has 1 N–H and O–H groups in total. The largest absolute Gasteiger partial charge is 0.497 e. The number of aromatic nitrogens is 2. The molecule has 0 amide bonds. The summed E-state index contributed by atoms with van der Waals surface area (Å²) in [5, 5.41) is 4.19. The van der Waals surface area contributed by atoms with E-state index >= 15 is 0 Å². The molecule has 2 aromatic carbocycles. The van der Waals surface area contributed by atoms with Gasteiger partial charge in [-0.3, -0.25) is 4.98 Å². The van der Waals surface area contributed by atoms with Gasteiger partial charge >= 0.3 is 0 Å². The van der Waals surface area contributed by atoms with Crippen LogP contribution >= 0.6 is 12.2 Å². The number of anilines is 1. The lowest BCUT2D eigenvalue weighted by Gasteiger charge is -2.29.